The van der Waals surface area contributed by atoms with E-state index >= 15 is 0 Å². The smallest absolute Gasteiger partial charge is 0.220 e. The van der Waals surface area contributed by atoms with Crippen LogP contribution in [0.5, 0.6) is 0 Å². The summed E-state index contributed by atoms with van der Waals surface area (Å²) in [6.45, 7) is 3.09. The molecule has 1 N–H and O–H groups in total. The van der Waals surface area contributed by atoms with Crippen molar-refractivity contribution in [1.82, 2.24) is 5.32 Å². The van der Waals surface area contributed by atoms with Crippen molar-refractivity contribution in [3.05, 3.63) is 0 Å². The average Bonchev–Trinajstić information content (AvgIpc) is 2.46. The van der Waals surface area contributed by atoms with E-state index in [1.54, 1.807) is 0 Å². The second kappa shape index (κ2) is 9.79. The Kier molecular flexibility index (Phi) is 8.76. The van der Waals surface area contributed by atoms with Crippen LogP contribution in [0.4, 0.5) is 0 Å². The molecule has 0 aromatic heterocycles. The second-order valence-electron chi connectivity index (χ2n) is 6.14. The van der Waals surface area contributed by atoms with Gasteiger partial charge in [-0.05, 0) is 24.7 Å². The predicted octanol–water partition coefficient (Wildman–Crippen LogP) is 4.81. The maximum atomic E-state index is 11.9. The molecule has 1 rings (SSSR count). The molecule has 1 aliphatic carbocycles. The number of hydrogen-bond donors (Lipinski definition) is 1. The molecule has 0 heterocycles. The van der Waals surface area contributed by atoms with Gasteiger partial charge in [0.15, 0.2) is 0 Å². The molecule has 1 fully saturated rings. The van der Waals surface area contributed by atoms with Gasteiger partial charge < -0.3 is 5.32 Å². The standard InChI is InChI=1S/C16H30BrNO/c1-2-3-4-5-7-10-15(19)18-14-16(13-17)11-8-6-9-12-16/h2-14H2,1H3,(H,18,19). The normalized spacial score (nSPS) is 18.2. The van der Waals surface area contributed by atoms with Crippen molar-refractivity contribution in [2.75, 3.05) is 11.9 Å². The number of amides is 1. The maximum Gasteiger partial charge on any atom is 0.220 e. The number of hydrogen-bond acceptors (Lipinski definition) is 1. The number of nitrogens with one attached hydrogen (secondary N) is 1. The first-order chi connectivity index (χ1) is 9.22. The summed E-state index contributed by atoms with van der Waals surface area (Å²) in [7, 11) is 0. The third kappa shape index (κ3) is 6.78. The van der Waals surface area contributed by atoms with Crippen LogP contribution < -0.4 is 5.32 Å². The first kappa shape index (κ1) is 17.0. The molecule has 0 spiro atoms. The fraction of sp³-hybridized carbons (Fsp3) is 0.938. The summed E-state index contributed by atoms with van der Waals surface area (Å²) in [4.78, 5) is 11.9. The number of rotatable bonds is 9. The minimum absolute atomic E-state index is 0.252. The highest BCUT2D eigenvalue weighted by molar-refractivity contribution is 9.09. The van der Waals surface area contributed by atoms with Crippen molar-refractivity contribution in [3.8, 4) is 0 Å². The van der Waals surface area contributed by atoms with E-state index in [-0.39, 0.29) is 5.91 Å². The van der Waals surface area contributed by atoms with Crippen LogP contribution in [0.1, 0.15) is 77.6 Å². The van der Waals surface area contributed by atoms with Gasteiger partial charge in [0, 0.05) is 18.3 Å². The van der Waals surface area contributed by atoms with E-state index in [1.807, 2.05) is 0 Å². The van der Waals surface area contributed by atoms with Crippen LogP contribution in [-0.2, 0) is 4.79 Å². The molecule has 2 nitrogen and oxygen atoms in total. The first-order valence-corrected chi connectivity index (χ1v) is 9.17. The average molecular weight is 332 g/mol. The number of halogens is 1. The van der Waals surface area contributed by atoms with Crippen molar-refractivity contribution < 1.29 is 4.79 Å². The lowest BCUT2D eigenvalue weighted by molar-refractivity contribution is -0.121. The van der Waals surface area contributed by atoms with Gasteiger partial charge in [-0.15, -0.1) is 0 Å². The number of carbonyl (C=O) groups excluding carboxylic acids is 1. The van der Waals surface area contributed by atoms with Crippen LogP contribution >= 0.6 is 15.9 Å². The van der Waals surface area contributed by atoms with E-state index in [1.165, 1.54) is 57.8 Å². The molecule has 19 heavy (non-hydrogen) atoms. The summed E-state index contributed by atoms with van der Waals surface area (Å²) in [5, 5.41) is 4.19. The molecule has 0 aliphatic heterocycles. The largest absolute Gasteiger partial charge is 0.356 e. The number of unbranched alkanes of at least 4 members (excludes halogenated alkanes) is 4. The van der Waals surface area contributed by atoms with Crippen LogP contribution in [0.25, 0.3) is 0 Å². The lowest BCUT2D eigenvalue weighted by atomic mass is 9.75. The van der Waals surface area contributed by atoms with Crippen molar-refractivity contribution in [2.45, 2.75) is 77.6 Å². The third-order valence-electron chi connectivity index (χ3n) is 4.37. The molecule has 0 aromatic rings. The molecular weight excluding hydrogens is 302 g/mol. The lowest BCUT2D eigenvalue weighted by Gasteiger charge is -2.35. The molecule has 1 amide bonds. The summed E-state index contributed by atoms with van der Waals surface area (Å²) in [5.41, 5.74) is 0.329. The van der Waals surface area contributed by atoms with E-state index < -0.39 is 0 Å². The molecular formula is C16H30BrNO. The zero-order valence-corrected chi connectivity index (χ0v) is 14.1. The highest BCUT2D eigenvalue weighted by atomic mass is 79.9. The van der Waals surface area contributed by atoms with Crippen molar-refractivity contribution >= 4 is 21.8 Å². The van der Waals surface area contributed by atoms with Gasteiger partial charge in [-0.3, -0.25) is 4.79 Å². The lowest BCUT2D eigenvalue weighted by Crippen LogP contribution is -2.40. The summed E-state index contributed by atoms with van der Waals surface area (Å²) in [6.07, 6.45) is 13.3. The number of carbonyl (C=O) groups is 1. The Hall–Kier alpha value is -0.0500. The van der Waals surface area contributed by atoms with Gasteiger partial charge in [-0.1, -0.05) is 67.8 Å². The van der Waals surface area contributed by atoms with E-state index in [2.05, 4.69) is 28.2 Å². The van der Waals surface area contributed by atoms with Crippen molar-refractivity contribution in [2.24, 2.45) is 5.41 Å². The Labute approximate surface area is 127 Å². The fourth-order valence-electron chi connectivity index (χ4n) is 2.92. The molecule has 3 heteroatoms. The Morgan fingerprint density at radius 2 is 1.79 bits per heavy atom. The number of alkyl halides is 1. The molecule has 0 saturated heterocycles. The second-order valence-corrected chi connectivity index (χ2v) is 6.70. The summed E-state index contributed by atoms with van der Waals surface area (Å²) in [6, 6.07) is 0. The zero-order chi connectivity index (χ0) is 14.0. The zero-order valence-electron chi connectivity index (χ0n) is 12.5. The van der Waals surface area contributed by atoms with E-state index in [0.717, 1.165) is 18.3 Å². The molecule has 0 bridgehead atoms. The Balaban J connectivity index is 2.14. The van der Waals surface area contributed by atoms with Gasteiger partial charge in [-0.25, -0.2) is 0 Å². The highest BCUT2D eigenvalue weighted by Crippen LogP contribution is 2.37. The minimum Gasteiger partial charge on any atom is -0.356 e. The summed E-state index contributed by atoms with van der Waals surface area (Å²) in [5.74, 6) is 0.252. The Morgan fingerprint density at radius 1 is 1.11 bits per heavy atom. The Bertz CT molecular complexity index is 249. The van der Waals surface area contributed by atoms with Crippen molar-refractivity contribution in [1.29, 1.82) is 0 Å². The predicted molar refractivity (Wildman–Crippen MR) is 85.7 cm³/mol. The van der Waals surface area contributed by atoms with Gasteiger partial charge in [0.1, 0.15) is 0 Å². The maximum absolute atomic E-state index is 11.9. The minimum atomic E-state index is 0.252. The topological polar surface area (TPSA) is 29.1 Å². The molecule has 0 aromatic carbocycles. The molecule has 0 atom stereocenters. The van der Waals surface area contributed by atoms with E-state index in [4.69, 9.17) is 0 Å². The van der Waals surface area contributed by atoms with E-state index in [9.17, 15) is 4.79 Å². The first-order valence-electron chi connectivity index (χ1n) is 8.05. The summed E-state index contributed by atoms with van der Waals surface area (Å²) >= 11 is 3.65. The molecule has 0 unspecified atom stereocenters. The van der Waals surface area contributed by atoms with Crippen LogP contribution in [0.15, 0.2) is 0 Å². The quantitative estimate of drug-likeness (QED) is 0.476. The molecule has 0 radical (unpaired) electrons. The molecule has 1 saturated carbocycles. The fourth-order valence-corrected chi connectivity index (χ4v) is 3.68. The third-order valence-corrected chi connectivity index (χ3v) is 5.56. The van der Waals surface area contributed by atoms with Gasteiger partial charge in [0.2, 0.25) is 5.91 Å². The van der Waals surface area contributed by atoms with Crippen molar-refractivity contribution in [3.63, 3.8) is 0 Å². The summed E-state index contributed by atoms with van der Waals surface area (Å²) < 4.78 is 0. The Morgan fingerprint density at radius 3 is 2.42 bits per heavy atom. The highest BCUT2D eigenvalue weighted by Gasteiger charge is 2.31. The van der Waals surface area contributed by atoms with Crippen LogP contribution in [0, 0.1) is 5.41 Å². The van der Waals surface area contributed by atoms with Crippen LogP contribution in [-0.4, -0.2) is 17.8 Å². The van der Waals surface area contributed by atoms with Crippen LogP contribution in [0.2, 0.25) is 0 Å². The van der Waals surface area contributed by atoms with Gasteiger partial charge in [0.25, 0.3) is 0 Å². The molecule has 112 valence electrons. The van der Waals surface area contributed by atoms with Crippen LogP contribution in [0.3, 0.4) is 0 Å². The van der Waals surface area contributed by atoms with Gasteiger partial charge >= 0.3 is 0 Å². The SMILES string of the molecule is CCCCCCCC(=O)NCC1(CBr)CCCCC1. The van der Waals surface area contributed by atoms with Gasteiger partial charge in [0.05, 0.1) is 0 Å². The van der Waals surface area contributed by atoms with Gasteiger partial charge in [-0.2, -0.15) is 0 Å². The monoisotopic (exact) mass is 331 g/mol. The van der Waals surface area contributed by atoms with E-state index in [0.29, 0.717) is 11.8 Å². The molecule has 1 aliphatic rings.